The first-order chi connectivity index (χ1) is 16.6. The second-order valence-corrected chi connectivity index (χ2v) is 9.16. The topological polar surface area (TPSA) is 41.0 Å². The highest BCUT2D eigenvalue weighted by Gasteiger charge is 2.24. The highest BCUT2D eigenvalue weighted by molar-refractivity contribution is 5.75. The van der Waals surface area contributed by atoms with Crippen LogP contribution in [0.3, 0.4) is 0 Å². The van der Waals surface area contributed by atoms with Gasteiger partial charge in [0.25, 0.3) is 0 Å². The van der Waals surface area contributed by atoms with Crippen LogP contribution in [0.5, 0.6) is 0 Å². The quantitative estimate of drug-likeness (QED) is 0.375. The van der Waals surface area contributed by atoms with Crippen LogP contribution in [0.4, 0.5) is 8.78 Å². The Morgan fingerprint density at radius 3 is 2.38 bits per heavy atom. The lowest BCUT2D eigenvalue weighted by atomic mass is 9.87. The van der Waals surface area contributed by atoms with Crippen LogP contribution in [0.1, 0.15) is 48.8 Å². The molecule has 1 fully saturated rings. The molecule has 4 aromatic rings. The molecule has 0 amide bonds. The van der Waals surface area contributed by atoms with Crippen LogP contribution in [0, 0.1) is 11.6 Å². The monoisotopic (exact) mass is 461 g/mol. The van der Waals surface area contributed by atoms with Gasteiger partial charge in [-0.15, -0.1) is 0 Å². The van der Waals surface area contributed by atoms with Crippen LogP contribution in [0.2, 0.25) is 0 Å². The summed E-state index contributed by atoms with van der Waals surface area (Å²) in [6.07, 6.45) is 3.55. The first kappa shape index (κ1) is 22.5. The van der Waals surface area contributed by atoms with E-state index in [1.165, 1.54) is 18.2 Å². The number of benzene rings is 3. The highest BCUT2D eigenvalue weighted by Crippen LogP contribution is 2.32. The van der Waals surface area contributed by atoms with Gasteiger partial charge in [-0.1, -0.05) is 42.5 Å². The van der Waals surface area contributed by atoms with E-state index in [2.05, 4.69) is 9.88 Å². The molecule has 6 heteroatoms. The van der Waals surface area contributed by atoms with E-state index in [4.69, 9.17) is 0 Å². The number of hydrogen-bond acceptors (Lipinski definition) is 2. The molecule has 34 heavy (non-hydrogen) atoms. The maximum atomic E-state index is 14.6. The third kappa shape index (κ3) is 4.68. The number of aromatic nitrogens is 2. The Kier molecular flexibility index (Phi) is 6.59. The maximum absolute atomic E-state index is 14.6. The van der Waals surface area contributed by atoms with Crippen molar-refractivity contribution in [2.24, 2.45) is 0 Å². The molecular weight excluding hydrogens is 432 g/mol. The molecule has 1 unspecified atom stereocenters. The Morgan fingerprint density at radius 1 is 0.912 bits per heavy atom. The number of fused-ring (bicyclic) bond motifs is 1. The second kappa shape index (κ2) is 9.94. The van der Waals surface area contributed by atoms with Crippen molar-refractivity contribution < 1.29 is 8.78 Å². The van der Waals surface area contributed by atoms with Gasteiger partial charge in [0.2, 0.25) is 0 Å². The minimum absolute atomic E-state index is 0.0355. The van der Waals surface area contributed by atoms with Crippen LogP contribution in [-0.2, 0) is 0 Å². The van der Waals surface area contributed by atoms with Gasteiger partial charge in [0.05, 0.1) is 11.0 Å². The van der Waals surface area contributed by atoms with Gasteiger partial charge in [-0.25, -0.2) is 13.6 Å². The van der Waals surface area contributed by atoms with E-state index in [0.717, 1.165) is 61.9 Å². The molecule has 1 aliphatic rings. The largest absolute Gasteiger partial charge is 0.326 e. The molecule has 0 spiro atoms. The van der Waals surface area contributed by atoms with Gasteiger partial charge < -0.3 is 9.88 Å². The van der Waals surface area contributed by atoms with Crippen LogP contribution in [0.15, 0.2) is 77.6 Å². The minimum Gasteiger partial charge on any atom is -0.306 e. The summed E-state index contributed by atoms with van der Waals surface area (Å²) in [5.41, 5.74) is 3.41. The number of piperidine rings is 1. The molecule has 3 aromatic carbocycles. The summed E-state index contributed by atoms with van der Waals surface area (Å²) in [6, 6.07) is 21.3. The Morgan fingerprint density at radius 2 is 1.62 bits per heavy atom. The fourth-order valence-corrected chi connectivity index (χ4v) is 5.31. The molecule has 1 saturated heterocycles. The molecule has 2 heterocycles. The normalized spacial score (nSPS) is 16.2. The zero-order valence-corrected chi connectivity index (χ0v) is 19.1. The van der Waals surface area contributed by atoms with E-state index in [9.17, 15) is 13.6 Å². The van der Waals surface area contributed by atoms with Crippen molar-refractivity contribution in [3.8, 4) is 0 Å². The van der Waals surface area contributed by atoms with Crippen molar-refractivity contribution in [3.05, 3.63) is 106 Å². The molecular formula is C28H29F2N3O. The lowest BCUT2D eigenvalue weighted by Gasteiger charge is -2.33. The molecule has 1 aromatic heterocycles. The van der Waals surface area contributed by atoms with E-state index >= 15 is 0 Å². The average Bonchev–Trinajstić information content (AvgIpc) is 3.19. The number of para-hydroxylation sites is 2. The lowest BCUT2D eigenvalue weighted by Crippen LogP contribution is -2.37. The van der Waals surface area contributed by atoms with Crippen molar-refractivity contribution in [2.75, 3.05) is 19.6 Å². The lowest BCUT2D eigenvalue weighted by molar-refractivity contribution is 0.183. The maximum Gasteiger partial charge on any atom is 0.326 e. The van der Waals surface area contributed by atoms with Gasteiger partial charge in [0, 0.05) is 25.0 Å². The third-order valence-corrected chi connectivity index (χ3v) is 7.07. The van der Waals surface area contributed by atoms with E-state index < -0.39 is 0 Å². The number of likely N-dealkylation sites (tertiary alicyclic amines) is 1. The smallest absolute Gasteiger partial charge is 0.306 e. The van der Waals surface area contributed by atoms with Gasteiger partial charge in [-0.05, 0) is 73.7 Å². The van der Waals surface area contributed by atoms with Crippen molar-refractivity contribution in [2.45, 2.75) is 37.6 Å². The van der Waals surface area contributed by atoms with Crippen molar-refractivity contribution in [3.63, 3.8) is 0 Å². The molecule has 4 nitrogen and oxygen atoms in total. The number of imidazole rings is 1. The highest BCUT2D eigenvalue weighted by atomic mass is 19.1. The Hall–Kier alpha value is -3.25. The van der Waals surface area contributed by atoms with Gasteiger partial charge in [0.15, 0.2) is 0 Å². The Bertz CT molecular complexity index is 1300. The summed E-state index contributed by atoms with van der Waals surface area (Å²) in [7, 11) is 0. The number of rotatable bonds is 7. The molecule has 0 saturated carbocycles. The van der Waals surface area contributed by atoms with Crippen molar-refractivity contribution in [1.29, 1.82) is 0 Å². The number of aromatic amines is 1. The first-order valence-corrected chi connectivity index (χ1v) is 12.0. The summed E-state index contributed by atoms with van der Waals surface area (Å²) in [5.74, 6) is -0.612. The third-order valence-electron chi connectivity index (χ3n) is 7.07. The van der Waals surface area contributed by atoms with Crippen LogP contribution in [0.25, 0.3) is 11.0 Å². The predicted molar refractivity (Wildman–Crippen MR) is 131 cm³/mol. The number of nitrogens with one attached hydrogen (secondary N) is 1. The van der Waals surface area contributed by atoms with E-state index in [0.29, 0.717) is 5.56 Å². The van der Waals surface area contributed by atoms with Crippen molar-refractivity contribution >= 4 is 11.0 Å². The van der Waals surface area contributed by atoms with Gasteiger partial charge in [0.1, 0.15) is 11.6 Å². The summed E-state index contributed by atoms with van der Waals surface area (Å²) >= 11 is 0. The second-order valence-electron chi connectivity index (χ2n) is 9.16. The number of H-pyrrole nitrogens is 1. The minimum atomic E-state index is -0.284. The molecule has 0 radical (unpaired) electrons. The fraction of sp³-hybridized carbons (Fsp3) is 0.321. The summed E-state index contributed by atoms with van der Waals surface area (Å²) in [4.78, 5) is 17.9. The van der Waals surface area contributed by atoms with Gasteiger partial charge in [-0.3, -0.25) is 4.57 Å². The van der Waals surface area contributed by atoms with E-state index in [-0.39, 0.29) is 29.3 Å². The summed E-state index contributed by atoms with van der Waals surface area (Å²) < 4.78 is 30.0. The molecule has 1 N–H and O–H groups in total. The Labute approximate surface area is 197 Å². The van der Waals surface area contributed by atoms with Crippen LogP contribution >= 0.6 is 0 Å². The van der Waals surface area contributed by atoms with E-state index in [1.54, 1.807) is 18.2 Å². The SMILES string of the molecule is O=c1[nH]c2ccccc2n1C1CCN(CCCC(c2ccc(F)cc2)c2ccccc2F)CC1. The fourth-order valence-electron chi connectivity index (χ4n) is 5.31. The van der Waals surface area contributed by atoms with Gasteiger partial charge in [-0.2, -0.15) is 0 Å². The van der Waals surface area contributed by atoms with Crippen LogP contribution in [-0.4, -0.2) is 34.1 Å². The van der Waals surface area contributed by atoms with Crippen LogP contribution < -0.4 is 5.69 Å². The molecule has 176 valence electrons. The standard InChI is InChI=1S/C28H29F2N3O/c29-21-13-11-20(12-14-21)23(24-6-1-2-8-25(24)30)7-5-17-32-18-15-22(16-19-32)33-27-10-4-3-9-26(27)31-28(33)34/h1-4,6,8-14,22-23H,5,7,15-19H2,(H,31,34). The number of halogens is 2. The molecule has 1 aliphatic heterocycles. The summed E-state index contributed by atoms with van der Waals surface area (Å²) in [6.45, 7) is 2.77. The Balaban J connectivity index is 1.22. The molecule has 0 aliphatic carbocycles. The predicted octanol–water partition coefficient (Wildman–Crippen LogP) is 5.86. The van der Waals surface area contributed by atoms with E-state index in [1.807, 2.05) is 41.0 Å². The summed E-state index contributed by atoms with van der Waals surface area (Å²) in [5, 5.41) is 0. The molecule has 0 bridgehead atoms. The molecule has 5 rings (SSSR count). The van der Waals surface area contributed by atoms with Crippen molar-refractivity contribution in [1.82, 2.24) is 14.5 Å². The molecule has 1 atom stereocenters. The number of hydrogen-bond donors (Lipinski definition) is 1. The average molecular weight is 462 g/mol. The zero-order chi connectivity index (χ0) is 23.5. The first-order valence-electron chi connectivity index (χ1n) is 12.0. The number of nitrogens with zero attached hydrogens (tertiary/aromatic N) is 2. The van der Waals surface area contributed by atoms with Gasteiger partial charge >= 0.3 is 5.69 Å². The zero-order valence-electron chi connectivity index (χ0n) is 19.1.